The zero-order valence-electron chi connectivity index (χ0n) is 15.2. The van der Waals surface area contributed by atoms with Crippen molar-refractivity contribution in [3.05, 3.63) is 34.9 Å². The van der Waals surface area contributed by atoms with Gasteiger partial charge in [-0.1, -0.05) is 42.6 Å². The van der Waals surface area contributed by atoms with E-state index in [9.17, 15) is 0 Å². The van der Waals surface area contributed by atoms with Crippen LogP contribution in [0.3, 0.4) is 0 Å². The summed E-state index contributed by atoms with van der Waals surface area (Å²) in [4.78, 5) is 5.25. The lowest BCUT2D eigenvalue weighted by atomic mass is 9.59. The van der Waals surface area contributed by atoms with Gasteiger partial charge in [-0.15, -0.1) is 0 Å². The Balaban J connectivity index is 1.49. The molecule has 4 rings (SSSR count). The first kappa shape index (κ1) is 16.9. The Labute approximate surface area is 152 Å². The molecule has 2 saturated carbocycles. The SMILES string of the molecule is CN(C)CC1CC2(CCN2C2CCCCC2c2ccccc2Cl)C1. The van der Waals surface area contributed by atoms with E-state index < -0.39 is 0 Å². The fourth-order valence-corrected chi connectivity index (χ4v) is 6.07. The van der Waals surface area contributed by atoms with Crippen LogP contribution in [0.25, 0.3) is 0 Å². The van der Waals surface area contributed by atoms with Crippen LogP contribution in [0.15, 0.2) is 24.3 Å². The first-order chi connectivity index (χ1) is 11.6. The Bertz CT molecular complexity index is 579. The minimum absolute atomic E-state index is 0.544. The molecule has 1 saturated heterocycles. The molecule has 0 N–H and O–H groups in total. The predicted octanol–water partition coefficient (Wildman–Crippen LogP) is 4.78. The average Bonchev–Trinajstić information content (AvgIpc) is 2.50. The average molecular weight is 347 g/mol. The van der Waals surface area contributed by atoms with E-state index >= 15 is 0 Å². The summed E-state index contributed by atoms with van der Waals surface area (Å²) in [5.41, 5.74) is 1.94. The van der Waals surface area contributed by atoms with Crippen molar-refractivity contribution in [1.82, 2.24) is 9.80 Å². The van der Waals surface area contributed by atoms with Gasteiger partial charge in [0, 0.05) is 35.6 Å². The molecule has 0 amide bonds. The number of halogens is 1. The highest BCUT2D eigenvalue weighted by Gasteiger charge is 2.56. The van der Waals surface area contributed by atoms with Crippen molar-refractivity contribution in [3.63, 3.8) is 0 Å². The highest BCUT2D eigenvalue weighted by atomic mass is 35.5. The third-order valence-electron chi connectivity index (χ3n) is 6.82. The van der Waals surface area contributed by atoms with Crippen LogP contribution in [0.5, 0.6) is 0 Å². The minimum Gasteiger partial charge on any atom is -0.309 e. The fraction of sp³-hybridized carbons (Fsp3) is 0.714. The Morgan fingerprint density at radius 1 is 1.17 bits per heavy atom. The van der Waals surface area contributed by atoms with Gasteiger partial charge in [-0.2, -0.15) is 0 Å². The van der Waals surface area contributed by atoms with Crippen LogP contribution in [0.2, 0.25) is 5.02 Å². The number of benzene rings is 1. The second-order valence-corrected chi connectivity index (χ2v) is 9.09. The maximum atomic E-state index is 6.56. The summed E-state index contributed by atoms with van der Waals surface area (Å²) in [6, 6.07) is 9.28. The third kappa shape index (κ3) is 2.91. The van der Waals surface area contributed by atoms with Crippen LogP contribution in [0.1, 0.15) is 56.4 Å². The van der Waals surface area contributed by atoms with Gasteiger partial charge in [-0.25, -0.2) is 0 Å². The molecule has 132 valence electrons. The van der Waals surface area contributed by atoms with Crippen molar-refractivity contribution < 1.29 is 0 Å². The molecule has 2 atom stereocenters. The second kappa shape index (κ2) is 6.63. The molecule has 2 nitrogen and oxygen atoms in total. The van der Waals surface area contributed by atoms with E-state index in [-0.39, 0.29) is 0 Å². The molecule has 0 radical (unpaired) electrons. The molecule has 1 aliphatic heterocycles. The zero-order chi connectivity index (χ0) is 16.7. The smallest absolute Gasteiger partial charge is 0.0441 e. The van der Waals surface area contributed by atoms with E-state index in [1.54, 1.807) is 0 Å². The first-order valence-electron chi connectivity index (χ1n) is 9.75. The van der Waals surface area contributed by atoms with Crippen LogP contribution in [0, 0.1) is 5.92 Å². The number of rotatable bonds is 4. The predicted molar refractivity (Wildman–Crippen MR) is 102 cm³/mol. The van der Waals surface area contributed by atoms with Crippen molar-refractivity contribution >= 4 is 11.6 Å². The van der Waals surface area contributed by atoms with Gasteiger partial charge >= 0.3 is 0 Å². The van der Waals surface area contributed by atoms with Crippen LogP contribution >= 0.6 is 11.6 Å². The molecule has 24 heavy (non-hydrogen) atoms. The summed E-state index contributed by atoms with van der Waals surface area (Å²) in [6.45, 7) is 2.56. The monoisotopic (exact) mass is 346 g/mol. The maximum absolute atomic E-state index is 6.56. The molecule has 0 aromatic heterocycles. The van der Waals surface area contributed by atoms with Gasteiger partial charge < -0.3 is 4.90 Å². The molecule has 3 fully saturated rings. The van der Waals surface area contributed by atoms with E-state index in [2.05, 4.69) is 48.2 Å². The third-order valence-corrected chi connectivity index (χ3v) is 7.17. The lowest BCUT2D eigenvalue weighted by molar-refractivity contribution is -0.141. The molecule has 2 aliphatic carbocycles. The number of nitrogens with zero attached hydrogens (tertiary/aromatic N) is 2. The zero-order valence-corrected chi connectivity index (χ0v) is 15.9. The van der Waals surface area contributed by atoms with E-state index in [0.29, 0.717) is 17.5 Å². The van der Waals surface area contributed by atoms with E-state index in [4.69, 9.17) is 11.6 Å². The van der Waals surface area contributed by atoms with E-state index in [0.717, 1.165) is 10.9 Å². The van der Waals surface area contributed by atoms with Gasteiger partial charge in [0.05, 0.1) is 0 Å². The van der Waals surface area contributed by atoms with Crippen LogP contribution in [-0.4, -0.2) is 48.6 Å². The molecule has 1 spiro atoms. The molecule has 3 heteroatoms. The van der Waals surface area contributed by atoms with Crippen molar-refractivity contribution in [2.75, 3.05) is 27.2 Å². The molecule has 1 heterocycles. The Kier molecular flexibility index (Phi) is 4.66. The summed E-state index contributed by atoms with van der Waals surface area (Å²) >= 11 is 6.56. The Morgan fingerprint density at radius 2 is 1.92 bits per heavy atom. The van der Waals surface area contributed by atoms with Gasteiger partial charge in [0.25, 0.3) is 0 Å². The lowest BCUT2D eigenvalue weighted by Gasteiger charge is -2.66. The quantitative estimate of drug-likeness (QED) is 0.773. The number of hydrogen-bond donors (Lipinski definition) is 0. The van der Waals surface area contributed by atoms with Crippen molar-refractivity contribution in [2.24, 2.45) is 5.92 Å². The number of likely N-dealkylation sites (tertiary alicyclic amines) is 1. The molecule has 3 aliphatic rings. The molecule has 2 unspecified atom stereocenters. The molecular formula is C21H31ClN2. The van der Waals surface area contributed by atoms with Crippen LogP contribution < -0.4 is 0 Å². The maximum Gasteiger partial charge on any atom is 0.0441 e. The summed E-state index contributed by atoms with van der Waals surface area (Å²) < 4.78 is 0. The fourth-order valence-electron chi connectivity index (χ4n) is 5.80. The molecule has 1 aromatic carbocycles. The molecule has 1 aromatic rings. The summed E-state index contributed by atoms with van der Waals surface area (Å²) in [5.74, 6) is 1.54. The first-order valence-corrected chi connectivity index (χ1v) is 10.1. The number of hydrogen-bond acceptors (Lipinski definition) is 2. The molecular weight excluding hydrogens is 316 g/mol. The van der Waals surface area contributed by atoms with Gasteiger partial charge in [0.2, 0.25) is 0 Å². The van der Waals surface area contributed by atoms with Crippen LogP contribution in [-0.2, 0) is 0 Å². The summed E-state index contributed by atoms with van der Waals surface area (Å²) in [5, 5.41) is 0.975. The Morgan fingerprint density at radius 3 is 2.58 bits per heavy atom. The topological polar surface area (TPSA) is 6.48 Å². The van der Waals surface area contributed by atoms with E-state index in [1.807, 2.05) is 0 Å². The van der Waals surface area contributed by atoms with Crippen molar-refractivity contribution in [1.29, 1.82) is 0 Å². The molecule has 0 bridgehead atoms. The standard InChI is InChI=1S/C21H31ClN2/c1-23(2)15-16-13-21(14-16)11-12-24(21)20-10-6-4-8-18(20)17-7-3-5-9-19(17)22/h3,5,7,9,16,18,20H,4,6,8,10-15H2,1-2H3. The Hall–Kier alpha value is -0.570. The van der Waals surface area contributed by atoms with E-state index in [1.165, 1.54) is 63.6 Å². The van der Waals surface area contributed by atoms with Crippen LogP contribution in [0.4, 0.5) is 0 Å². The van der Waals surface area contributed by atoms with Gasteiger partial charge in [0.15, 0.2) is 0 Å². The minimum atomic E-state index is 0.544. The van der Waals surface area contributed by atoms with Crippen molar-refractivity contribution in [2.45, 2.75) is 62.4 Å². The van der Waals surface area contributed by atoms with Gasteiger partial charge in [-0.3, -0.25) is 4.90 Å². The largest absolute Gasteiger partial charge is 0.309 e. The summed E-state index contributed by atoms with van der Waals surface area (Å²) in [7, 11) is 4.41. The highest BCUT2D eigenvalue weighted by molar-refractivity contribution is 6.31. The second-order valence-electron chi connectivity index (χ2n) is 8.68. The lowest BCUT2D eigenvalue weighted by Crippen LogP contribution is -2.70. The van der Waals surface area contributed by atoms with Gasteiger partial charge in [-0.05, 0) is 63.7 Å². The van der Waals surface area contributed by atoms with Crippen molar-refractivity contribution in [3.8, 4) is 0 Å². The van der Waals surface area contributed by atoms with Gasteiger partial charge in [0.1, 0.15) is 0 Å². The summed E-state index contributed by atoms with van der Waals surface area (Å²) in [6.07, 6.45) is 9.66. The highest BCUT2D eigenvalue weighted by Crippen LogP contribution is 2.54. The normalized spacial score (nSPS) is 36.6.